The van der Waals surface area contributed by atoms with Crippen LogP contribution in [0.15, 0.2) is 58.5 Å². The van der Waals surface area contributed by atoms with Gasteiger partial charge in [-0.15, -0.1) is 0 Å². The zero-order valence-corrected chi connectivity index (χ0v) is 16.0. The number of rotatable bonds is 7. The fourth-order valence-corrected chi connectivity index (χ4v) is 3.46. The Bertz CT molecular complexity index is 1100. The van der Waals surface area contributed by atoms with E-state index in [0.717, 1.165) is 0 Å². The minimum Gasteiger partial charge on any atom is -0.383 e. The van der Waals surface area contributed by atoms with Crippen LogP contribution in [0.3, 0.4) is 0 Å². The van der Waals surface area contributed by atoms with E-state index in [-0.39, 0.29) is 17.2 Å². The summed E-state index contributed by atoms with van der Waals surface area (Å²) in [7, 11) is 1.56. The summed E-state index contributed by atoms with van der Waals surface area (Å²) in [6, 6.07) is 15.8. The highest BCUT2D eigenvalue weighted by Crippen LogP contribution is 2.18. The Kier molecular flexibility index (Phi) is 6.42. The number of nitriles is 1. The summed E-state index contributed by atoms with van der Waals surface area (Å²) in [4.78, 5) is 29.6. The van der Waals surface area contributed by atoms with E-state index in [2.05, 4.69) is 10.3 Å². The molecule has 0 aliphatic heterocycles. The van der Waals surface area contributed by atoms with E-state index in [1.165, 1.54) is 16.3 Å². The molecule has 8 heteroatoms. The highest BCUT2D eigenvalue weighted by atomic mass is 32.2. The molecule has 142 valence electrons. The van der Waals surface area contributed by atoms with Gasteiger partial charge in [0.1, 0.15) is 0 Å². The molecular weight excluding hydrogens is 376 g/mol. The molecule has 2 aromatic carbocycles. The summed E-state index contributed by atoms with van der Waals surface area (Å²) in [5.74, 6) is -0.171. The van der Waals surface area contributed by atoms with Gasteiger partial charge in [-0.25, -0.2) is 4.98 Å². The van der Waals surface area contributed by atoms with Crippen LogP contribution in [-0.2, 0) is 16.1 Å². The first-order chi connectivity index (χ1) is 13.6. The van der Waals surface area contributed by atoms with E-state index in [1.807, 2.05) is 12.1 Å². The Balaban J connectivity index is 1.79. The van der Waals surface area contributed by atoms with Crippen LogP contribution in [0.5, 0.6) is 0 Å². The van der Waals surface area contributed by atoms with Gasteiger partial charge >= 0.3 is 0 Å². The third-order valence-electron chi connectivity index (χ3n) is 3.95. The number of hydrogen-bond acceptors (Lipinski definition) is 6. The number of anilines is 1. The van der Waals surface area contributed by atoms with E-state index in [4.69, 9.17) is 10.00 Å². The lowest BCUT2D eigenvalue weighted by Gasteiger charge is -2.12. The Hall–Kier alpha value is -3.15. The predicted molar refractivity (Wildman–Crippen MR) is 108 cm³/mol. The van der Waals surface area contributed by atoms with E-state index in [1.54, 1.807) is 49.6 Å². The third kappa shape index (κ3) is 4.57. The molecule has 0 atom stereocenters. The Morgan fingerprint density at radius 1 is 1.29 bits per heavy atom. The highest BCUT2D eigenvalue weighted by molar-refractivity contribution is 7.99. The summed E-state index contributed by atoms with van der Waals surface area (Å²) in [5.41, 5.74) is 1.45. The van der Waals surface area contributed by atoms with E-state index in [0.29, 0.717) is 40.5 Å². The number of fused-ring (bicyclic) bond motifs is 1. The van der Waals surface area contributed by atoms with E-state index in [9.17, 15) is 9.59 Å². The number of para-hydroxylation sites is 1. The molecule has 0 saturated heterocycles. The molecular formula is C20H18N4O3S. The first kappa shape index (κ1) is 19.6. The lowest BCUT2D eigenvalue weighted by atomic mass is 10.2. The van der Waals surface area contributed by atoms with Crippen LogP contribution in [0.1, 0.15) is 5.56 Å². The topological polar surface area (TPSA) is 97.0 Å². The Morgan fingerprint density at radius 2 is 2.11 bits per heavy atom. The summed E-state index contributed by atoms with van der Waals surface area (Å²) >= 11 is 1.18. The van der Waals surface area contributed by atoms with Crippen molar-refractivity contribution in [2.45, 2.75) is 11.7 Å². The average Bonchev–Trinajstić information content (AvgIpc) is 2.72. The third-order valence-corrected chi connectivity index (χ3v) is 4.93. The van der Waals surface area contributed by atoms with Crippen LogP contribution in [-0.4, -0.2) is 34.9 Å². The molecule has 0 aliphatic carbocycles. The molecule has 3 rings (SSSR count). The van der Waals surface area contributed by atoms with Crippen molar-refractivity contribution < 1.29 is 9.53 Å². The van der Waals surface area contributed by atoms with Crippen LogP contribution in [0.25, 0.3) is 10.9 Å². The molecule has 0 spiro atoms. The van der Waals surface area contributed by atoms with Gasteiger partial charge in [0.25, 0.3) is 5.56 Å². The molecule has 0 aliphatic rings. The molecule has 3 aromatic rings. The van der Waals surface area contributed by atoms with Gasteiger partial charge in [0.2, 0.25) is 5.91 Å². The van der Waals surface area contributed by atoms with Crippen LogP contribution in [0, 0.1) is 11.3 Å². The summed E-state index contributed by atoms with van der Waals surface area (Å²) < 4.78 is 6.62. The number of benzene rings is 2. The van der Waals surface area contributed by atoms with Crippen molar-refractivity contribution in [3.63, 3.8) is 0 Å². The lowest BCUT2D eigenvalue weighted by Crippen LogP contribution is -2.26. The van der Waals surface area contributed by atoms with E-state index >= 15 is 0 Å². The minimum absolute atomic E-state index is 0.0779. The maximum Gasteiger partial charge on any atom is 0.262 e. The molecule has 0 bridgehead atoms. The summed E-state index contributed by atoms with van der Waals surface area (Å²) in [6.07, 6.45) is 0. The second-order valence-corrected chi connectivity index (χ2v) is 6.83. The Labute approximate surface area is 166 Å². The number of thioether (sulfide) groups is 1. The normalized spacial score (nSPS) is 10.6. The number of hydrogen-bond donors (Lipinski definition) is 1. The molecule has 0 fully saturated rings. The van der Waals surface area contributed by atoms with Gasteiger partial charge in [0.05, 0.1) is 41.4 Å². The maximum absolute atomic E-state index is 12.8. The zero-order valence-electron chi connectivity index (χ0n) is 15.2. The lowest BCUT2D eigenvalue weighted by molar-refractivity contribution is -0.113. The summed E-state index contributed by atoms with van der Waals surface area (Å²) in [5, 5.41) is 12.7. The molecule has 7 nitrogen and oxygen atoms in total. The zero-order chi connectivity index (χ0) is 19.9. The van der Waals surface area contributed by atoms with Gasteiger partial charge in [0, 0.05) is 12.8 Å². The van der Waals surface area contributed by atoms with Crippen molar-refractivity contribution in [2.75, 3.05) is 24.8 Å². The number of amides is 1. The number of methoxy groups -OCH3 is 1. The SMILES string of the molecule is COCCn1c(SCC(=O)Nc2cccc(C#N)c2)nc2ccccc2c1=O. The van der Waals surface area contributed by atoms with Crippen molar-refractivity contribution in [3.8, 4) is 6.07 Å². The number of nitrogens with zero attached hydrogens (tertiary/aromatic N) is 3. The van der Waals surface area contributed by atoms with Gasteiger partial charge in [-0.1, -0.05) is 30.0 Å². The van der Waals surface area contributed by atoms with E-state index < -0.39 is 0 Å². The van der Waals surface area contributed by atoms with Crippen molar-refractivity contribution in [1.29, 1.82) is 5.26 Å². The monoisotopic (exact) mass is 394 g/mol. The largest absolute Gasteiger partial charge is 0.383 e. The molecule has 0 unspecified atom stereocenters. The maximum atomic E-state index is 12.8. The van der Waals surface area contributed by atoms with Gasteiger partial charge in [-0.2, -0.15) is 5.26 Å². The minimum atomic E-state index is -0.249. The van der Waals surface area contributed by atoms with Crippen molar-refractivity contribution in [3.05, 3.63) is 64.4 Å². The summed E-state index contributed by atoms with van der Waals surface area (Å²) in [6.45, 7) is 0.710. The van der Waals surface area contributed by atoms with Gasteiger partial charge in [0.15, 0.2) is 5.16 Å². The standard InChI is InChI=1S/C20H18N4O3S/c1-27-10-9-24-19(26)16-7-2-3-8-17(16)23-20(24)28-13-18(25)22-15-6-4-5-14(11-15)12-21/h2-8,11H,9-10,13H2,1H3,(H,22,25). The predicted octanol–water partition coefficient (Wildman–Crippen LogP) is 2.65. The highest BCUT2D eigenvalue weighted by Gasteiger charge is 2.13. The first-order valence-electron chi connectivity index (χ1n) is 8.53. The van der Waals surface area contributed by atoms with Crippen molar-refractivity contribution >= 4 is 34.3 Å². The number of carbonyl (C=O) groups excluding carboxylic acids is 1. The first-order valence-corrected chi connectivity index (χ1v) is 9.52. The Morgan fingerprint density at radius 3 is 2.89 bits per heavy atom. The smallest absolute Gasteiger partial charge is 0.262 e. The van der Waals surface area contributed by atoms with Crippen LogP contribution < -0.4 is 10.9 Å². The molecule has 1 amide bonds. The molecule has 1 aromatic heterocycles. The number of nitrogens with one attached hydrogen (secondary N) is 1. The fourth-order valence-electron chi connectivity index (χ4n) is 2.63. The van der Waals surface area contributed by atoms with Gasteiger partial charge < -0.3 is 10.1 Å². The van der Waals surface area contributed by atoms with Gasteiger partial charge in [-0.3, -0.25) is 14.2 Å². The molecule has 1 heterocycles. The fraction of sp³-hybridized carbons (Fsp3) is 0.200. The van der Waals surface area contributed by atoms with Crippen LogP contribution in [0.2, 0.25) is 0 Å². The van der Waals surface area contributed by atoms with Crippen molar-refractivity contribution in [1.82, 2.24) is 9.55 Å². The molecule has 0 radical (unpaired) electrons. The second-order valence-electron chi connectivity index (χ2n) is 5.89. The quantitative estimate of drug-likeness (QED) is 0.489. The van der Waals surface area contributed by atoms with Gasteiger partial charge in [-0.05, 0) is 30.3 Å². The van der Waals surface area contributed by atoms with Crippen LogP contribution in [0.4, 0.5) is 5.69 Å². The number of aromatic nitrogens is 2. The molecule has 28 heavy (non-hydrogen) atoms. The second kappa shape index (κ2) is 9.17. The molecule has 1 N–H and O–H groups in total. The van der Waals surface area contributed by atoms with Crippen molar-refractivity contribution in [2.24, 2.45) is 0 Å². The molecule has 0 saturated carbocycles. The van der Waals surface area contributed by atoms with Crippen LogP contribution >= 0.6 is 11.8 Å². The number of ether oxygens (including phenoxy) is 1. The number of carbonyl (C=O) groups is 1. The average molecular weight is 394 g/mol.